The van der Waals surface area contributed by atoms with E-state index in [-0.39, 0.29) is 0 Å². The van der Waals surface area contributed by atoms with Crippen LogP contribution in [0.4, 0.5) is 5.69 Å². The van der Waals surface area contributed by atoms with Gasteiger partial charge in [0.15, 0.2) is 0 Å². The van der Waals surface area contributed by atoms with E-state index in [0.717, 1.165) is 19.0 Å². The van der Waals surface area contributed by atoms with E-state index in [2.05, 4.69) is 59.7 Å². The van der Waals surface area contributed by atoms with Gasteiger partial charge < -0.3 is 21.1 Å². The second kappa shape index (κ2) is 7.16. The number of anilines is 1. The molecular formula is C21H27N4-. The van der Waals surface area contributed by atoms with Gasteiger partial charge in [-0.15, -0.1) is 0 Å². The molecule has 1 fully saturated rings. The molecule has 2 N–H and O–H groups in total. The Morgan fingerprint density at radius 1 is 1.16 bits per heavy atom. The lowest BCUT2D eigenvalue weighted by Gasteiger charge is -2.30. The average molecular weight is 335 g/mol. The van der Waals surface area contributed by atoms with Crippen molar-refractivity contribution >= 4 is 5.69 Å². The molecule has 0 aliphatic carbocycles. The topological polar surface area (TPSA) is 42.3 Å². The number of hydrogen-bond donors (Lipinski definition) is 1. The molecule has 4 heteroatoms. The largest absolute Gasteiger partial charge is 0.609 e. The number of nitrogens with one attached hydrogen (secondary N) is 2. The molecule has 0 spiro atoms. The van der Waals surface area contributed by atoms with Gasteiger partial charge in [-0.3, -0.25) is 0 Å². The van der Waals surface area contributed by atoms with Crippen molar-refractivity contribution in [3.63, 3.8) is 0 Å². The van der Waals surface area contributed by atoms with Crippen LogP contribution in [0.2, 0.25) is 0 Å². The van der Waals surface area contributed by atoms with Crippen molar-refractivity contribution in [3.05, 3.63) is 59.4 Å². The van der Waals surface area contributed by atoms with E-state index < -0.39 is 0 Å². The smallest absolute Gasteiger partial charge is 0.0349 e. The van der Waals surface area contributed by atoms with Gasteiger partial charge in [0.1, 0.15) is 0 Å². The van der Waals surface area contributed by atoms with Gasteiger partial charge in [-0.1, -0.05) is 30.3 Å². The highest BCUT2D eigenvalue weighted by Crippen LogP contribution is 2.35. The van der Waals surface area contributed by atoms with Gasteiger partial charge in [0.05, 0.1) is 0 Å². The predicted molar refractivity (Wildman–Crippen MR) is 104 cm³/mol. The second-order valence-electron chi connectivity index (χ2n) is 7.53. The van der Waals surface area contributed by atoms with Crippen molar-refractivity contribution in [3.8, 4) is 11.1 Å². The number of fused-ring (bicyclic) bond motifs is 1. The maximum atomic E-state index is 8.04. The molecule has 0 bridgehead atoms. The molecule has 0 aromatic heterocycles. The Bertz CT molecular complexity index is 728. The van der Waals surface area contributed by atoms with Gasteiger partial charge in [0.2, 0.25) is 0 Å². The van der Waals surface area contributed by atoms with E-state index in [1.165, 1.54) is 53.9 Å². The van der Waals surface area contributed by atoms with Crippen molar-refractivity contribution < 1.29 is 0 Å². The minimum Gasteiger partial charge on any atom is -0.609 e. The third kappa shape index (κ3) is 3.71. The lowest BCUT2D eigenvalue weighted by atomic mass is 9.95. The van der Waals surface area contributed by atoms with Gasteiger partial charge in [-0.2, -0.15) is 0 Å². The van der Waals surface area contributed by atoms with E-state index in [0.29, 0.717) is 6.54 Å². The lowest BCUT2D eigenvalue weighted by molar-refractivity contribution is 0.217. The fourth-order valence-electron chi connectivity index (χ4n) is 4.19. The Balaban J connectivity index is 1.58. The molecule has 25 heavy (non-hydrogen) atoms. The summed E-state index contributed by atoms with van der Waals surface area (Å²) in [7, 11) is 2.22. The van der Waals surface area contributed by atoms with Crippen LogP contribution < -0.4 is 5.32 Å². The van der Waals surface area contributed by atoms with Crippen LogP contribution >= 0.6 is 0 Å². The lowest BCUT2D eigenvalue weighted by Crippen LogP contribution is -2.35. The van der Waals surface area contributed by atoms with Crippen LogP contribution in [0.5, 0.6) is 0 Å². The maximum absolute atomic E-state index is 8.04. The quantitative estimate of drug-likeness (QED) is 0.901. The SMILES string of the molecule is CN1CCCC(CNc2cc3c(c(-c4ccccc4)c2)CN([NH-])C3)C1. The third-order valence-electron chi connectivity index (χ3n) is 5.45. The van der Waals surface area contributed by atoms with Gasteiger partial charge in [-0.25, -0.2) is 0 Å². The highest BCUT2D eigenvalue weighted by Gasteiger charge is 2.20. The molecule has 4 nitrogen and oxygen atoms in total. The summed E-state index contributed by atoms with van der Waals surface area (Å²) < 4.78 is 0. The summed E-state index contributed by atoms with van der Waals surface area (Å²) in [6.45, 7) is 4.88. The Kier molecular flexibility index (Phi) is 4.75. The van der Waals surface area contributed by atoms with Crippen molar-refractivity contribution in [1.82, 2.24) is 9.91 Å². The molecule has 1 unspecified atom stereocenters. The minimum absolute atomic E-state index is 0.716. The zero-order valence-electron chi connectivity index (χ0n) is 15.0. The van der Waals surface area contributed by atoms with Crippen LogP contribution in [-0.2, 0) is 13.1 Å². The first-order valence-corrected chi connectivity index (χ1v) is 9.29. The van der Waals surface area contributed by atoms with E-state index in [1.54, 1.807) is 5.01 Å². The number of nitrogens with zero attached hydrogens (tertiary/aromatic N) is 2. The normalized spacial score (nSPS) is 21.3. The standard InChI is InChI=1S/C21H27N4/c1-24-9-5-6-16(13-24)12-23-19-10-18-14-25(22)15-21(18)20(11-19)17-7-3-2-4-8-17/h2-4,7-8,10-11,16,22-23H,5-6,9,12-15H2,1H3/q-1. The molecule has 2 heterocycles. The minimum atomic E-state index is 0.716. The van der Waals surface area contributed by atoms with Gasteiger partial charge in [0.25, 0.3) is 0 Å². The van der Waals surface area contributed by atoms with Crippen molar-refractivity contribution in [2.24, 2.45) is 5.92 Å². The zero-order valence-corrected chi connectivity index (χ0v) is 15.0. The number of piperidine rings is 1. The van der Waals surface area contributed by atoms with E-state index >= 15 is 0 Å². The fraction of sp³-hybridized carbons (Fsp3) is 0.429. The Hall–Kier alpha value is -1.88. The summed E-state index contributed by atoms with van der Waals surface area (Å²) in [6.07, 6.45) is 2.62. The summed E-state index contributed by atoms with van der Waals surface area (Å²) in [5, 5.41) is 5.33. The molecular weight excluding hydrogens is 308 g/mol. The van der Waals surface area contributed by atoms with Crippen molar-refractivity contribution in [2.45, 2.75) is 25.9 Å². The summed E-state index contributed by atoms with van der Waals surface area (Å²) >= 11 is 0. The van der Waals surface area contributed by atoms with Crippen LogP contribution in [0, 0.1) is 5.92 Å². The molecule has 132 valence electrons. The van der Waals surface area contributed by atoms with E-state index in [4.69, 9.17) is 5.84 Å². The molecule has 2 aromatic carbocycles. The molecule has 2 aromatic rings. The summed E-state index contributed by atoms with van der Waals surface area (Å²) in [5.41, 5.74) is 6.32. The maximum Gasteiger partial charge on any atom is 0.0349 e. The summed E-state index contributed by atoms with van der Waals surface area (Å²) in [4.78, 5) is 2.44. The van der Waals surface area contributed by atoms with Crippen LogP contribution in [-0.4, -0.2) is 36.6 Å². The number of hydrogen-bond acceptors (Lipinski definition) is 3. The molecule has 4 rings (SSSR count). The first-order valence-electron chi connectivity index (χ1n) is 9.29. The number of likely N-dealkylation sites (tertiary alicyclic amines) is 1. The van der Waals surface area contributed by atoms with E-state index in [1.807, 2.05) is 0 Å². The first-order chi connectivity index (χ1) is 12.2. The molecule has 0 amide bonds. The third-order valence-corrected chi connectivity index (χ3v) is 5.45. The highest BCUT2D eigenvalue weighted by molar-refractivity contribution is 5.74. The van der Waals surface area contributed by atoms with Gasteiger partial charge >= 0.3 is 0 Å². The van der Waals surface area contributed by atoms with Crippen LogP contribution in [0.3, 0.4) is 0 Å². The Morgan fingerprint density at radius 2 is 2.00 bits per heavy atom. The van der Waals surface area contributed by atoms with Gasteiger partial charge in [-0.05, 0) is 66.7 Å². The molecule has 1 saturated heterocycles. The zero-order chi connectivity index (χ0) is 17.2. The Morgan fingerprint density at radius 3 is 2.80 bits per heavy atom. The van der Waals surface area contributed by atoms with Crippen molar-refractivity contribution in [1.29, 1.82) is 0 Å². The average Bonchev–Trinajstić information content (AvgIpc) is 3.00. The first kappa shape index (κ1) is 16.6. The second-order valence-corrected chi connectivity index (χ2v) is 7.53. The highest BCUT2D eigenvalue weighted by atomic mass is 15.4. The molecule has 2 aliphatic rings. The van der Waals surface area contributed by atoms with Crippen LogP contribution in [0.15, 0.2) is 42.5 Å². The summed E-state index contributed by atoms with van der Waals surface area (Å²) in [5.74, 6) is 8.76. The molecule has 1 atom stereocenters. The van der Waals surface area contributed by atoms with E-state index in [9.17, 15) is 0 Å². The monoisotopic (exact) mass is 335 g/mol. The Labute approximate surface area is 150 Å². The predicted octanol–water partition coefficient (Wildman–Crippen LogP) is 4.39. The fourth-order valence-corrected chi connectivity index (χ4v) is 4.19. The van der Waals surface area contributed by atoms with Crippen molar-refractivity contribution in [2.75, 3.05) is 32.0 Å². The number of rotatable bonds is 4. The molecule has 0 radical (unpaired) electrons. The number of benzene rings is 2. The molecule has 2 aliphatic heterocycles. The van der Waals surface area contributed by atoms with Crippen LogP contribution in [0.25, 0.3) is 17.0 Å². The van der Waals surface area contributed by atoms with Gasteiger partial charge in [0, 0.05) is 31.9 Å². The molecule has 0 saturated carbocycles. The van der Waals surface area contributed by atoms with Crippen LogP contribution in [0.1, 0.15) is 24.0 Å². The summed E-state index contributed by atoms with van der Waals surface area (Å²) in [6, 6.07) is 15.1.